The maximum atomic E-state index is 12.8. The molecule has 0 aliphatic rings. The summed E-state index contributed by atoms with van der Waals surface area (Å²) in [5.74, 6) is -4.85. The maximum Gasteiger partial charge on any atom is 0.318 e. The SMILES string of the molecule is CC(C)(c1ccc(F)cc1)C(C(=O)O)C(=O)O. The van der Waals surface area contributed by atoms with E-state index in [1.165, 1.54) is 38.1 Å². The second-order valence-electron chi connectivity index (χ2n) is 4.34. The van der Waals surface area contributed by atoms with Gasteiger partial charge >= 0.3 is 11.9 Å². The quantitative estimate of drug-likeness (QED) is 0.788. The van der Waals surface area contributed by atoms with Gasteiger partial charge < -0.3 is 10.2 Å². The first-order chi connectivity index (χ1) is 7.76. The van der Waals surface area contributed by atoms with Crippen LogP contribution in [0.2, 0.25) is 0 Å². The van der Waals surface area contributed by atoms with Gasteiger partial charge in [-0.25, -0.2) is 4.39 Å². The number of halogens is 1. The third kappa shape index (κ3) is 2.61. The zero-order valence-corrected chi connectivity index (χ0v) is 9.48. The van der Waals surface area contributed by atoms with E-state index in [1.807, 2.05) is 0 Å². The maximum absolute atomic E-state index is 12.8. The molecule has 0 aliphatic heterocycles. The Labute approximate surface area is 97.7 Å². The van der Waals surface area contributed by atoms with Crippen LogP contribution in [0.15, 0.2) is 24.3 Å². The molecule has 5 heteroatoms. The summed E-state index contributed by atoms with van der Waals surface area (Å²) in [6, 6.07) is 5.15. The van der Waals surface area contributed by atoms with Crippen LogP contribution in [-0.4, -0.2) is 22.2 Å². The summed E-state index contributed by atoms with van der Waals surface area (Å²) in [7, 11) is 0. The number of carboxylic acids is 2. The Morgan fingerprint density at radius 1 is 1.12 bits per heavy atom. The predicted octanol–water partition coefficient (Wildman–Crippen LogP) is 1.89. The van der Waals surface area contributed by atoms with Crippen molar-refractivity contribution in [2.24, 2.45) is 5.92 Å². The molecule has 1 aromatic carbocycles. The summed E-state index contributed by atoms with van der Waals surface area (Å²) < 4.78 is 12.8. The molecular formula is C12H13FO4. The van der Waals surface area contributed by atoms with Crippen LogP contribution in [0.5, 0.6) is 0 Å². The molecule has 2 N–H and O–H groups in total. The molecule has 17 heavy (non-hydrogen) atoms. The molecule has 0 amide bonds. The van der Waals surface area contributed by atoms with E-state index in [1.54, 1.807) is 0 Å². The molecule has 0 saturated carbocycles. The number of carboxylic acid groups (broad SMARTS) is 2. The lowest BCUT2D eigenvalue weighted by Crippen LogP contribution is -2.40. The van der Waals surface area contributed by atoms with Crippen LogP contribution in [0.1, 0.15) is 19.4 Å². The zero-order valence-electron chi connectivity index (χ0n) is 9.48. The van der Waals surface area contributed by atoms with Gasteiger partial charge in [0, 0.05) is 5.41 Å². The largest absolute Gasteiger partial charge is 0.481 e. The molecule has 0 bridgehead atoms. The van der Waals surface area contributed by atoms with E-state index in [2.05, 4.69) is 0 Å². The minimum absolute atomic E-state index is 0.452. The molecule has 0 radical (unpaired) electrons. The molecule has 92 valence electrons. The average molecular weight is 240 g/mol. The van der Waals surface area contributed by atoms with Crippen molar-refractivity contribution in [3.63, 3.8) is 0 Å². The lowest BCUT2D eigenvalue weighted by molar-refractivity contribution is -0.157. The topological polar surface area (TPSA) is 74.6 Å². The highest BCUT2D eigenvalue weighted by atomic mass is 19.1. The van der Waals surface area contributed by atoms with Crippen LogP contribution >= 0.6 is 0 Å². The third-order valence-electron chi connectivity index (χ3n) is 2.80. The van der Waals surface area contributed by atoms with Crippen LogP contribution < -0.4 is 0 Å². The Morgan fingerprint density at radius 2 is 1.53 bits per heavy atom. The van der Waals surface area contributed by atoms with Gasteiger partial charge in [-0.2, -0.15) is 0 Å². The summed E-state index contributed by atoms with van der Waals surface area (Å²) in [6.45, 7) is 3.01. The minimum Gasteiger partial charge on any atom is -0.481 e. The molecule has 1 aromatic rings. The predicted molar refractivity (Wildman–Crippen MR) is 58.2 cm³/mol. The van der Waals surface area contributed by atoms with E-state index in [4.69, 9.17) is 10.2 Å². The van der Waals surface area contributed by atoms with Gasteiger partial charge in [-0.15, -0.1) is 0 Å². The van der Waals surface area contributed by atoms with Crippen LogP contribution in [-0.2, 0) is 15.0 Å². The Morgan fingerprint density at radius 3 is 1.88 bits per heavy atom. The fraction of sp³-hybridized carbons (Fsp3) is 0.333. The van der Waals surface area contributed by atoms with E-state index in [-0.39, 0.29) is 0 Å². The van der Waals surface area contributed by atoms with Gasteiger partial charge in [-0.1, -0.05) is 26.0 Å². The van der Waals surface area contributed by atoms with Crippen molar-refractivity contribution in [1.29, 1.82) is 0 Å². The van der Waals surface area contributed by atoms with Crippen LogP contribution in [0.25, 0.3) is 0 Å². The van der Waals surface area contributed by atoms with Crippen LogP contribution in [0.4, 0.5) is 4.39 Å². The Balaban J connectivity index is 3.20. The number of aliphatic carboxylic acids is 2. The van der Waals surface area contributed by atoms with Crippen LogP contribution in [0.3, 0.4) is 0 Å². The second-order valence-corrected chi connectivity index (χ2v) is 4.34. The highest BCUT2D eigenvalue weighted by molar-refractivity contribution is 5.94. The molecule has 0 saturated heterocycles. The molecule has 0 aromatic heterocycles. The van der Waals surface area contributed by atoms with Gasteiger partial charge in [0.25, 0.3) is 0 Å². The monoisotopic (exact) mass is 240 g/mol. The summed E-state index contributed by atoms with van der Waals surface area (Å²) >= 11 is 0. The first-order valence-electron chi connectivity index (χ1n) is 4.98. The molecule has 0 aliphatic carbocycles. The lowest BCUT2D eigenvalue weighted by Gasteiger charge is -2.29. The van der Waals surface area contributed by atoms with Gasteiger partial charge in [0.1, 0.15) is 5.82 Å². The zero-order chi connectivity index (χ0) is 13.2. The fourth-order valence-corrected chi connectivity index (χ4v) is 1.77. The fourth-order valence-electron chi connectivity index (χ4n) is 1.77. The number of carbonyl (C=O) groups is 2. The van der Waals surface area contributed by atoms with Crippen molar-refractivity contribution in [3.05, 3.63) is 35.6 Å². The Kier molecular flexibility index (Phi) is 3.50. The molecule has 0 heterocycles. The third-order valence-corrected chi connectivity index (χ3v) is 2.80. The van der Waals surface area contributed by atoms with Crippen molar-refractivity contribution in [3.8, 4) is 0 Å². The van der Waals surface area contributed by atoms with Crippen molar-refractivity contribution >= 4 is 11.9 Å². The van der Waals surface area contributed by atoms with Crippen molar-refractivity contribution in [2.75, 3.05) is 0 Å². The van der Waals surface area contributed by atoms with Crippen molar-refractivity contribution in [1.82, 2.24) is 0 Å². The molecule has 4 nitrogen and oxygen atoms in total. The first kappa shape index (κ1) is 13.2. The van der Waals surface area contributed by atoms with Crippen molar-refractivity contribution < 1.29 is 24.2 Å². The van der Waals surface area contributed by atoms with E-state index in [0.29, 0.717) is 5.56 Å². The Bertz CT molecular complexity index is 422. The highest BCUT2D eigenvalue weighted by Gasteiger charge is 2.42. The summed E-state index contributed by atoms with van der Waals surface area (Å²) in [6.07, 6.45) is 0. The average Bonchev–Trinajstić information content (AvgIpc) is 2.16. The number of rotatable bonds is 4. The summed E-state index contributed by atoms with van der Waals surface area (Å²) in [5, 5.41) is 17.9. The van der Waals surface area contributed by atoms with Crippen LogP contribution in [0, 0.1) is 11.7 Å². The van der Waals surface area contributed by atoms with Gasteiger partial charge in [-0.05, 0) is 17.7 Å². The normalized spacial score (nSPS) is 11.5. The summed E-state index contributed by atoms with van der Waals surface area (Å²) in [4.78, 5) is 21.9. The highest BCUT2D eigenvalue weighted by Crippen LogP contribution is 2.32. The van der Waals surface area contributed by atoms with Gasteiger partial charge in [0.05, 0.1) is 0 Å². The molecule has 0 unspecified atom stereocenters. The van der Waals surface area contributed by atoms with E-state index < -0.39 is 29.1 Å². The minimum atomic E-state index is -1.58. The standard InChI is InChI=1S/C12H13FO4/c1-12(2,9(10(14)15)11(16)17)7-3-5-8(13)6-4-7/h3-6,9H,1-2H3,(H,14,15)(H,16,17). The van der Waals surface area contributed by atoms with E-state index >= 15 is 0 Å². The number of benzene rings is 1. The molecule has 0 spiro atoms. The molecule has 0 atom stereocenters. The second kappa shape index (κ2) is 4.53. The molecule has 0 fully saturated rings. The van der Waals surface area contributed by atoms with Gasteiger partial charge in [-0.3, -0.25) is 9.59 Å². The van der Waals surface area contributed by atoms with Crippen molar-refractivity contribution in [2.45, 2.75) is 19.3 Å². The Hall–Kier alpha value is -1.91. The first-order valence-corrected chi connectivity index (χ1v) is 4.98. The van der Waals surface area contributed by atoms with Gasteiger partial charge in [0.15, 0.2) is 5.92 Å². The van der Waals surface area contributed by atoms with E-state index in [0.717, 1.165) is 0 Å². The van der Waals surface area contributed by atoms with E-state index in [9.17, 15) is 14.0 Å². The molecule has 1 rings (SSSR count). The smallest absolute Gasteiger partial charge is 0.318 e. The number of hydrogen-bond acceptors (Lipinski definition) is 2. The summed E-state index contributed by atoms with van der Waals surface area (Å²) in [5.41, 5.74) is -0.653. The van der Waals surface area contributed by atoms with Gasteiger partial charge in [0.2, 0.25) is 0 Å². The number of hydrogen-bond donors (Lipinski definition) is 2. The molecular weight excluding hydrogens is 227 g/mol. The lowest BCUT2D eigenvalue weighted by atomic mass is 9.73.